The largest absolute Gasteiger partial charge is 0.497 e. The van der Waals surface area contributed by atoms with Gasteiger partial charge in [0.2, 0.25) is 0 Å². The van der Waals surface area contributed by atoms with Gasteiger partial charge in [0.05, 0.1) is 13.2 Å². The van der Waals surface area contributed by atoms with Gasteiger partial charge in [-0.25, -0.2) is 0 Å². The lowest BCUT2D eigenvalue weighted by molar-refractivity contribution is 0.280. The quantitative estimate of drug-likeness (QED) is 0.455. The molecule has 1 atom stereocenters. The van der Waals surface area contributed by atoms with Crippen molar-refractivity contribution in [2.75, 3.05) is 13.7 Å². The molecule has 0 aliphatic heterocycles. The van der Waals surface area contributed by atoms with Crippen LogP contribution >= 0.6 is 0 Å². The Labute approximate surface area is 94.3 Å². The number of methoxy groups -OCH3 is 1. The summed E-state index contributed by atoms with van der Waals surface area (Å²) in [5.74, 6) is 0.769. The lowest BCUT2D eigenvalue weighted by atomic mass is 10.0. The minimum Gasteiger partial charge on any atom is -0.497 e. The summed E-state index contributed by atoms with van der Waals surface area (Å²) in [6, 6.07) is 7.18. The summed E-state index contributed by atoms with van der Waals surface area (Å²) >= 11 is 0. The van der Waals surface area contributed by atoms with Crippen LogP contribution in [0.15, 0.2) is 29.4 Å². The topological polar surface area (TPSA) is 78.2 Å². The number of hydrogen-bond donors (Lipinski definition) is 1. The van der Waals surface area contributed by atoms with Crippen molar-refractivity contribution in [1.29, 1.82) is 0 Å². The van der Waals surface area contributed by atoms with E-state index in [1.54, 1.807) is 7.11 Å². The summed E-state index contributed by atoms with van der Waals surface area (Å²) in [5, 5.41) is 12.5. The van der Waals surface area contributed by atoms with E-state index < -0.39 is 0 Å². The number of aliphatic hydroxyl groups is 1. The first kappa shape index (κ1) is 12.4. The highest BCUT2D eigenvalue weighted by molar-refractivity contribution is 5.29. The Kier molecular flexibility index (Phi) is 5.19. The van der Waals surface area contributed by atoms with Crippen molar-refractivity contribution < 1.29 is 9.84 Å². The van der Waals surface area contributed by atoms with E-state index in [0.29, 0.717) is 12.8 Å². The Morgan fingerprint density at radius 2 is 2.12 bits per heavy atom. The third kappa shape index (κ3) is 3.46. The summed E-state index contributed by atoms with van der Waals surface area (Å²) in [7, 11) is 1.60. The molecule has 0 aliphatic rings. The number of ether oxygens (including phenoxy) is 1. The zero-order valence-corrected chi connectivity index (χ0v) is 9.21. The summed E-state index contributed by atoms with van der Waals surface area (Å²) in [6.07, 6.45) is 1.27. The maximum absolute atomic E-state index is 8.76. The fourth-order valence-corrected chi connectivity index (χ4v) is 1.46. The minimum absolute atomic E-state index is 0.105. The first-order valence-electron chi connectivity index (χ1n) is 5.11. The molecule has 0 heterocycles. The van der Waals surface area contributed by atoms with E-state index in [4.69, 9.17) is 15.4 Å². The van der Waals surface area contributed by atoms with Gasteiger partial charge in [-0.05, 0) is 36.1 Å². The first-order valence-corrected chi connectivity index (χ1v) is 5.11. The second kappa shape index (κ2) is 6.71. The number of aliphatic hydroxyl groups excluding tert-OH is 1. The van der Waals surface area contributed by atoms with Gasteiger partial charge in [-0.2, -0.15) is 0 Å². The summed E-state index contributed by atoms with van der Waals surface area (Å²) < 4.78 is 5.05. The van der Waals surface area contributed by atoms with Crippen molar-refractivity contribution in [3.05, 3.63) is 40.3 Å². The molecule has 0 fully saturated rings. The monoisotopic (exact) mass is 221 g/mol. The van der Waals surface area contributed by atoms with E-state index in [-0.39, 0.29) is 12.6 Å². The lowest BCUT2D eigenvalue weighted by Gasteiger charge is -2.11. The molecule has 0 aliphatic carbocycles. The van der Waals surface area contributed by atoms with Crippen LogP contribution in [0.2, 0.25) is 0 Å². The maximum atomic E-state index is 8.76. The van der Waals surface area contributed by atoms with E-state index in [1.165, 1.54) is 0 Å². The molecule has 0 radical (unpaired) electrons. The molecule has 16 heavy (non-hydrogen) atoms. The third-order valence-corrected chi connectivity index (χ3v) is 2.33. The fraction of sp³-hybridized carbons (Fsp3) is 0.455. The number of azide groups is 1. The van der Waals surface area contributed by atoms with Crippen LogP contribution in [0.5, 0.6) is 5.75 Å². The van der Waals surface area contributed by atoms with Crippen LogP contribution < -0.4 is 4.74 Å². The van der Waals surface area contributed by atoms with Crippen LogP contribution in [0.1, 0.15) is 24.4 Å². The molecule has 1 aromatic carbocycles. The van der Waals surface area contributed by atoms with Crippen LogP contribution in [-0.4, -0.2) is 18.8 Å². The second-order valence-corrected chi connectivity index (χ2v) is 3.36. The molecule has 5 nitrogen and oxygen atoms in total. The standard InChI is InChI=1S/C11H15N3O2/c1-16-10-6-4-9(5-7-10)11(13-14-12)3-2-8-15/h4-7,11,15H,2-3,8H2,1H3. The van der Waals surface area contributed by atoms with Gasteiger partial charge in [0.1, 0.15) is 5.75 Å². The Balaban J connectivity index is 2.79. The molecule has 5 heteroatoms. The van der Waals surface area contributed by atoms with Gasteiger partial charge in [0.15, 0.2) is 0 Å². The first-order chi connectivity index (χ1) is 7.81. The zero-order valence-electron chi connectivity index (χ0n) is 9.21. The third-order valence-electron chi connectivity index (χ3n) is 2.33. The van der Waals surface area contributed by atoms with Gasteiger partial charge < -0.3 is 9.84 Å². The Morgan fingerprint density at radius 3 is 2.62 bits per heavy atom. The van der Waals surface area contributed by atoms with Crippen molar-refractivity contribution in [1.82, 2.24) is 0 Å². The zero-order chi connectivity index (χ0) is 11.8. The van der Waals surface area contributed by atoms with E-state index in [2.05, 4.69) is 10.0 Å². The van der Waals surface area contributed by atoms with Gasteiger partial charge >= 0.3 is 0 Å². The van der Waals surface area contributed by atoms with Gasteiger partial charge in [-0.3, -0.25) is 0 Å². The molecule has 0 spiro atoms. The van der Waals surface area contributed by atoms with Gasteiger partial charge in [0.25, 0.3) is 0 Å². The molecule has 0 saturated heterocycles. The molecule has 0 amide bonds. The van der Waals surface area contributed by atoms with Crippen LogP contribution in [0.3, 0.4) is 0 Å². The highest BCUT2D eigenvalue weighted by Crippen LogP contribution is 2.24. The number of rotatable bonds is 6. The van der Waals surface area contributed by atoms with E-state index >= 15 is 0 Å². The van der Waals surface area contributed by atoms with Crippen LogP contribution in [-0.2, 0) is 0 Å². The van der Waals surface area contributed by atoms with Crippen molar-refractivity contribution in [3.63, 3.8) is 0 Å². The minimum atomic E-state index is -0.219. The maximum Gasteiger partial charge on any atom is 0.118 e. The summed E-state index contributed by atoms with van der Waals surface area (Å²) in [4.78, 5) is 2.82. The number of hydrogen-bond acceptors (Lipinski definition) is 3. The van der Waals surface area contributed by atoms with Crippen molar-refractivity contribution in [2.24, 2.45) is 5.11 Å². The molecule has 0 bridgehead atoms. The fourth-order valence-electron chi connectivity index (χ4n) is 1.46. The van der Waals surface area contributed by atoms with Gasteiger partial charge in [-0.1, -0.05) is 17.2 Å². The second-order valence-electron chi connectivity index (χ2n) is 3.36. The van der Waals surface area contributed by atoms with E-state index in [1.807, 2.05) is 24.3 Å². The average Bonchev–Trinajstić information content (AvgIpc) is 2.35. The molecule has 1 unspecified atom stereocenters. The van der Waals surface area contributed by atoms with E-state index in [0.717, 1.165) is 11.3 Å². The Hall–Kier alpha value is -1.71. The highest BCUT2D eigenvalue weighted by atomic mass is 16.5. The number of nitrogens with zero attached hydrogens (tertiary/aromatic N) is 3. The lowest BCUT2D eigenvalue weighted by Crippen LogP contribution is -1.96. The molecular formula is C11H15N3O2. The van der Waals surface area contributed by atoms with Gasteiger partial charge in [-0.15, -0.1) is 0 Å². The molecule has 0 saturated carbocycles. The van der Waals surface area contributed by atoms with Crippen LogP contribution in [0.25, 0.3) is 10.4 Å². The highest BCUT2D eigenvalue weighted by Gasteiger charge is 2.08. The predicted octanol–water partition coefficient (Wildman–Crippen LogP) is 2.82. The van der Waals surface area contributed by atoms with E-state index in [9.17, 15) is 0 Å². The van der Waals surface area contributed by atoms with Crippen molar-refractivity contribution in [3.8, 4) is 5.75 Å². The number of benzene rings is 1. The van der Waals surface area contributed by atoms with Crippen molar-refractivity contribution in [2.45, 2.75) is 18.9 Å². The molecular weight excluding hydrogens is 206 g/mol. The predicted molar refractivity (Wildman–Crippen MR) is 61.2 cm³/mol. The van der Waals surface area contributed by atoms with Crippen molar-refractivity contribution >= 4 is 0 Å². The Bertz CT molecular complexity index is 358. The smallest absolute Gasteiger partial charge is 0.118 e. The summed E-state index contributed by atoms with van der Waals surface area (Å²) in [5.41, 5.74) is 9.41. The molecule has 86 valence electrons. The molecule has 1 aromatic rings. The van der Waals surface area contributed by atoms with Crippen LogP contribution in [0, 0.1) is 0 Å². The van der Waals surface area contributed by atoms with Gasteiger partial charge in [0, 0.05) is 11.5 Å². The SMILES string of the molecule is COc1ccc(C(CCCO)N=[N+]=[N-])cc1. The van der Waals surface area contributed by atoms with Crippen LogP contribution in [0.4, 0.5) is 0 Å². The average molecular weight is 221 g/mol. The normalized spacial score (nSPS) is 11.6. The molecule has 1 rings (SSSR count). The Morgan fingerprint density at radius 1 is 1.44 bits per heavy atom. The molecule has 0 aromatic heterocycles. The summed E-state index contributed by atoms with van der Waals surface area (Å²) in [6.45, 7) is 0.105. The molecule has 1 N–H and O–H groups in total.